The third-order valence-corrected chi connectivity index (χ3v) is 6.85. The first-order valence-corrected chi connectivity index (χ1v) is 13.7. The summed E-state index contributed by atoms with van der Waals surface area (Å²) >= 11 is 0. The maximum Gasteiger partial charge on any atom is 0.414 e. The van der Waals surface area contributed by atoms with E-state index in [9.17, 15) is 4.79 Å². The smallest absolute Gasteiger partial charge is 0.414 e. The first kappa shape index (κ1) is 34.7. The number of aliphatic carboxylic acids is 4. The van der Waals surface area contributed by atoms with Crippen molar-refractivity contribution in [3.63, 3.8) is 0 Å². The summed E-state index contributed by atoms with van der Waals surface area (Å²) in [5.74, 6) is -7.15. The summed E-state index contributed by atoms with van der Waals surface area (Å²) in [7, 11) is 4.05. The molecule has 43 heavy (non-hydrogen) atoms. The van der Waals surface area contributed by atoms with E-state index in [1.54, 1.807) is 0 Å². The van der Waals surface area contributed by atoms with Crippen molar-refractivity contribution in [2.45, 2.75) is 19.3 Å². The normalized spacial score (nSPS) is 14.3. The van der Waals surface area contributed by atoms with Crippen molar-refractivity contribution in [3.05, 3.63) is 59.7 Å². The van der Waals surface area contributed by atoms with Gasteiger partial charge in [0.15, 0.2) is 0 Å². The van der Waals surface area contributed by atoms with E-state index in [1.807, 2.05) is 11.9 Å². The van der Waals surface area contributed by atoms with Crippen molar-refractivity contribution in [3.8, 4) is 0 Å². The SMILES string of the molecule is CN1CCN(NCC(=O)N(C)CCCN2c3ccccc3CCc3ccccc32)CC1.O=C(O)C(=O)O.O=C(O)C(=O)O. The molecule has 234 valence electrons. The van der Waals surface area contributed by atoms with Gasteiger partial charge in [-0.05, 0) is 49.6 Å². The average molecular weight is 602 g/mol. The number of likely N-dealkylation sites (N-methyl/N-ethyl adjacent to an activating group) is 2. The molecule has 4 rings (SSSR count). The second-order valence-corrected chi connectivity index (χ2v) is 9.92. The largest absolute Gasteiger partial charge is 0.473 e. The number of carboxylic acids is 4. The van der Waals surface area contributed by atoms with E-state index in [-0.39, 0.29) is 5.91 Å². The Kier molecular flexibility index (Phi) is 14.1. The van der Waals surface area contributed by atoms with E-state index in [2.05, 4.69) is 75.8 Å². The van der Waals surface area contributed by atoms with Crippen LogP contribution in [0.5, 0.6) is 0 Å². The minimum atomic E-state index is -1.82. The molecule has 0 unspecified atom stereocenters. The lowest BCUT2D eigenvalue weighted by Gasteiger charge is -2.33. The Hall–Kier alpha value is -4.53. The van der Waals surface area contributed by atoms with Crippen molar-refractivity contribution in [2.75, 3.05) is 64.8 Å². The molecule has 0 saturated carbocycles. The predicted octanol–water partition coefficient (Wildman–Crippen LogP) is 0.835. The Bertz CT molecular complexity index is 1170. The highest BCUT2D eigenvalue weighted by atomic mass is 16.4. The molecule has 2 aromatic carbocycles. The van der Waals surface area contributed by atoms with E-state index in [0.717, 1.165) is 58.5 Å². The van der Waals surface area contributed by atoms with Gasteiger partial charge < -0.3 is 35.1 Å². The number of rotatable bonds is 7. The fourth-order valence-corrected chi connectivity index (χ4v) is 4.48. The van der Waals surface area contributed by atoms with Crippen LogP contribution in [0.15, 0.2) is 48.5 Å². The van der Waals surface area contributed by atoms with Gasteiger partial charge in [0.05, 0.1) is 6.54 Å². The molecule has 2 aromatic rings. The van der Waals surface area contributed by atoms with Gasteiger partial charge in [0.1, 0.15) is 0 Å². The summed E-state index contributed by atoms with van der Waals surface area (Å²) < 4.78 is 0. The van der Waals surface area contributed by atoms with E-state index in [1.165, 1.54) is 22.5 Å². The van der Waals surface area contributed by atoms with Crippen molar-refractivity contribution < 1.29 is 44.4 Å². The van der Waals surface area contributed by atoms with Crippen LogP contribution in [0.4, 0.5) is 11.4 Å². The number of carbonyl (C=O) groups is 5. The lowest BCUT2D eigenvalue weighted by atomic mass is 10.0. The highest BCUT2D eigenvalue weighted by molar-refractivity contribution is 6.27. The molecule has 0 radical (unpaired) electrons. The van der Waals surface area contributed by atoms with E-state index >= 15 is 0 Å². The van der Waals surface area contributed by atoms with Gasteiger partial charge in [0, 0.05) is 57.7 Å². The Balaban J connectivity index is 0.000000455. The lowest BCUT2D eigenvalue weighted by Crippen LogP contribution is -2.53. The number of anilines is 2. The molecule has 1 saturated heterocycles. The maximum absolute atomic E-state index is 12.6. The van der Waals surface area contributed by atoms with Crippen molar-refractivity contribution in [1.82, 2.24) is 20.2 Å². The summed E-state index contributed by atoms with van der Waals surface area (Å²) in [5, 5.41) is 31.7. The molecule has 14 heteroatoms. The summed E-state index contributed by atoms with van der Waals surface area (Å²) in [6.07, 6.45) is 3.07. The molecule has 0 atom stereocenters. The standard InChI is InChI=1S/C25H35N5O.2C2H2O4/c1-27-16-18-29(19-17-27)26-20-25(31)28(2)14-7-15-30-23-10-5-3-8-21(23)12-13-22-9-4-6-11-24(22)30;2*3-1(4)2(5)6/h3-6,8-11,26H,7,12-20H2,1-2H3;2*(H,3,4)(H,5,6). The topological polar surface area (TPSA) is 191 Å². The van der Waals surface area contributed by atoms with Gasteiger partial charge in [-0.25, -0.2) is 29.6 Å². The minimum absolute atomic E-state index is 0.149. The number of carbonyl (C=O) groups excluding carboxylic acids is 1. The molecule has 2 heterocycles. The van der Waals surface area contributed by atoms with Crippen LogP contribution in [-0.4, -0.2) is 125 Å². The molecular formula is C29H39N5O9. The minimum Gasteiger partial charge on any atom is -0.473 e. The number of hydrazine groups is 1. The molecular weight excluding hydrogens is 562 g/mol. The van der Waals surface area contributed by atoms with E-state index < -0.39 is 23.9 Å². The molecule has 0 aromatic heterocycles. The summed E-state index contributed by atoms with van der Waals surface area (Å²) in [5.41, 5.74) is 8.71. The third kappa shape index (κ3) is 11.7. The quantitative estimate of drug-likeness (QED) is 0.281. The van der Waals surface area contributed by atoms with Crippen molar-refractivity contribution in [2.24, 2.45) is 0 Å². The Morgan fingerprint density at radius 3 is 1.63 bits per heavy atom. The zero-order chi connectivity index (χ0) is 31.9. The van der Waals surface area contributed by atoms with Gasteiger partial charge >= 0.3 is 23.9 Å². The maximum atomic E-state index is 12.6. The number of para-hydroxylation sites is 2. The van der Waals surface area contributed by atoms with Crippen LogP contribution in [0.2, 0.25) is 0 Å². The van der Waals surface area contributed by atoms with Gasteiger partial charge in [-0.15, -0.1) is 0 Å². The van der Waals surface area contributed by atoms with Gasteiger partial charge in [-0.2, -0.15) is 0 Å². The first-order valence-electron chi connectivity index (χ1n) is 13.7. The first-order chi connectivity index (χ1) is 20.4. The van der Waals surface area contributed by atoms with Gasteiger partial charge in [-0.1, -0.05) is 36.4 Å². The Morgan fingerprint density at radius 1 is 0.744 bits per heavy atom. The molecule has 1 amide bonds. The number of carboxylic acid groups (broad SMARTS) is 4. The summed E-state index contributed by atoms with van der Waals surface area (Å²) in [4.78, 5) is 55.6. The van der Waals surface area contributed by atoms with E-state index in [0.29, 0.717) is 6.54 Å². The number of benzene rings is 2. The van der Waals surface area contributed by atoms with Crippen LogP contribution < -0.4 is 10.3 Å². The van der Waals surface area contributed by atoms with Gasteiger partial charge in [0.2, 0.25) is 5.91 Å². The number of aryl methyl sites for hydroxylation is 2. The number of amides is 1. The lowest BCUT2D eigenvalue weighted by molar-refractivity contribution is -0.159. The number of hydrogen-bond donors (Lipinski definition) is 5. The molecule has 0 bridgehead atoms. The van der Waals surface area contributed by atoms with Crippen LogP contribution in [-0.2, 0) is 36.8 Å². The number of fused-ring (bicyclic) bond motifs is 2. The van der Waals surface area contributed by atoms with Crippen molar-refractivity contribution in [1.29, 1.82) is 0 Å². The zero-order valence-electron chi connectivity index (χ0n) is 24.3. The average Bonchev–Trinajstić information content (AvgIpc) is 3.14. The summed E-state index contributed by atoms with van der Waals surface area (Å²) in [6.45, 7) is 6.02. The number of nitrogens with one attached hydrogen (secondary N) is 1. The highest BCUT2D eigenvalue weighted by Gasteiger charge is 2.20. The Labute approximate surface area is 249 Å². The van der Waals surface area contributed by atoms with Crippen LogP contribution >= 0.6 is 0 Å². The third-order valence-electron chi connectivity index (χ3n) is 6.85. The molecule has 14 nitrogen and oxygen atoms in total. The molecule has 1 fully saturated rings. The van der Waals surface area contributed by atoms with Crippen LogP contribution in [0, 0.1) is 0 Å². The monoisotopic (exact) mass is 601 g/mol. The van der Waals surface area contributed by atoms with Gasteiger partial charge in [-0.3, -0.25) is 4.79 Å². The van der Waals surface area contributed by atoms with Crippen molar-refractivity contribution >= 4 is 41.2 Å². The Morgan fingerprint density at radius 2 is 1.19 bits per heavy atom. The fourth-order valence-electron chi connectivity index (χ4n) is 4.48. The predicted molar refractivity (Wildman–Crippen MR) is 157 cm³/mol. The molecule has 2 aliphatic heterocycles. The van der Waals surface area contributed by atoms with E-state index in [4.69, 9.17) is 39.6 Å². The number of nitrogens with zero attached hydrogens (tertiary/aromatic N) is 4. The molecule has 2 aliphatic rings. The molecule has 5 N–H and O–H groups in total. The number of piperazine rings is 1. The molecule has 0 aliphatic carbocycles. The van der Waals surface area contributed by atoms with Crippen LogP contribution in [0.3, 0.4) is 0 Å². The second kappa shape index (κ2) is 17.4. The molecule has 0 spiro atoms. The fraction of sp³-hybridized carbons (Fsp3) is 0.414. The summed E-state index contributed by atoms with van der Waals surface area (Å²) in [6, 6.07) is 17.5. The second-order valence-electron chi connectivity index (χ2n) is 9.92. The van der Waals surface area contributed by atoms with Crippen LogP contribution in [0.25, 0.3) is 0 Å². The number of hydrogen-bond acceptors (Lipinski definition) is 9. The van der Waals surface area contributed by atoms with Crippen LogP contribution in [0.1, 0.15) is 17.5 Å². The van der Waals surface area contributed by atoms with Gasteiger partial charge in [0.25, 0.3) is 0 Å². The highest BCUT2D eigenvalue weighted by Crippen LogP contribution is 2.35. The zero-order valence-corrected chi connectivity index (χ0v) is 24.3.